The average Bonchev–Trinajstić information content (AvgIpc) is 3.01. The second kappa shape index (κ2) is 8.03. The van der Waals surface area contributed by atoms with E-state index in [4.69, 9.17) is 9.47 Å². The lowest BCUT2D eigenvalue weighted by molar-refractivity contribution is 0.0601. The lowest BCUT2D eigenvalue weighted by Crippen LogP contribution is -2.19. The molecule has 0 radical (unpaired) electrons. The van der Waals surface area contributed by atoms with Crippen molar-refractivity contribution in [3.05, 3.63) is 58.9 Å². The van der Waals surface area contributed by atoms with E-state index < -0.39 is 16.0 Å². The first-order valence-corrected chi connectivity index (χ1v) is 10.3. The molecule has 0 spiro atoms. The number of thiazole rings is 1. The molecule has 0 saturated heterocycles. The SMILES string of the molecule is COCCn1/c(=N/S(=O)(=O)c2ccccc2)sc2cc(C(=O)OC)ccc21. The molecular weight excluding hydrogens is 388 g/mol. The lowest BCUT2D eigenvalue weighted by Gasteiger charge is -2.05. The van der Waals surface area contributed by atoms with Crippen LogP contribution in [-0.4, -0.2) is 39.8 Å². The smallest absolute Gasteiger partial charge is 0.337 e. The highest BCUT2D eigenvalue weighted by Gasteiger charge is 2.15. The minimum absolute atomic E-state index is 0.121. The van der Waals surface area contributed by atoms with Crippen molar-refractivity contribution in [1.29, 1.82) is 0 Å². The number of fused-ring (bicyclic) bond motifs is 1. The first-order chi connectivity index (χ1) is 13.0. The van der Waals surface area contributed by atoms with Gasteiger partial charge in [0, 0.05) is 13.7 Å². The van der Waals surface area contributed by atoms with Gasteiger partial charge in [0.1, 0.15) is 0 Å². The number of carbonyl (C=O) groups is 1. The molecule has 9 heteroatoms. The van der Waals surface area contributed by atoms with Crippen molar-refractivity contribution >= 4 is 37.5 Å². The van der Waals surface area contributed by atoms with Gasteiger partial charge in [0.15, 0.2) is 0 Å². The Morgan fingerprint density at radius 2 is 1.89 bits per heavy atom. The standard InChI is InChI=1S/C18H18N2O5S2/c1-24-11-10-20-15-9-8-13(17(21)25-2)12-16(15)26-18(20)19-27(22,23)14-6-4-3-5-7-14/h3-9,12H,10-11H2,1-2H3/b19-18-. The van der Waals surface area contributed by atoms with Gasteiger partial charge in [0.05, 0.1) is 34.4 Å². The lowest BCUT2D eigenvalue weighted by atomic mass is 10.2. The van der Waals surface area contributed by atoms with Crippen molar-refractivity contribution in [2.75, 3.05) is 20.8 Å². The number of carbonyl (C=O) groups excluding carboxylic acids is 1. The number of rotatable bonds is 6. The zero-order valence-electron chi connectivity index (χ0n) is 14.8. The predicted molar refractivity (Wildman–Crippen MR) is 102 cm³/mol. The Kier molecular flexibility index (Phi) is 5.73. The van der Waals surface area contributed by atoms with Crippen LogP contribution >= 0.6 is 11.3 Å². The van der Waals surface area contributed by atoms with Gasteiger partial charge in [-0.1, -0.05) is 29.5 Å². The minimum Gasteiger partial charge on any atom is -0.465 e. The molecule has 27 heavy (non-hydrogen) atoms. The number of methoxy groups -OCH3 is 2. The fraction of sp³-hybridized carbons (Fsp3) is 0.222. The molecule has 0 amide bonds. The van der Waals surface area contributed by atoms with Crippen LogP contribution in [0.25, 0.3) is 10.2 Å². The molecule has 142 valence electrons. The van der Waals surface area contributed by atoms with Crippen LogP contribution in [0, 0.1) is 0 Å². The fourth-order valence-corrected chi connectivity index (χ4v) is 4.85. The predicted octanol–water partition coefficient (Wildman–Crippen LogP) is 2.43. The van der Waals surface area contributed by atoms with Crippen LogP contribution in [0.4, 0.5) is 0 Å². The minimum atomic E-state index is -3.86. The molecular formula is C18H18N2O5S2. The Morgan fingerprint density at radius 1 is 1.15 bits per heavy atom. The summed E-state index contributed by atoms with van der Waals surface area (Å²) in [5.74, 6) is -0.455. The molecule has 0 bridgehead atoms. The van der Waals surface area contributed by atoms with E-state index in [-0.39, 0.29) is 4.90 Å². The molecule has 1 heterocycles. The van der Waals surface area contributed by atoms with Crippen molar-refractivity contribution in [3.8, 4) is 0 Å². The van der Waals surface area contributed by atoms with Gasteiger partial charge in [-0.05, 0) is 30.3 Å². The number of sulfonamides is 1. The van der Waals surface area contributed by atoms with Gasteiger partial charge < -0.3 is 14.0 Å². The summed E-state index contributed by atoms with van der Waals surface area (Å²) >= 11 is 1.19. The van der Waals surface area contributed by atoms with Crippen LogP contribution in [0.15, 0.2) is 57.8 Å². The third-order valence-corrected chi connectivity index (χ3v) is 6.30. The van der Waals surface area contributed by atoms with Crippen LogP contribution in [0.5, 0.6) is 0 Å². The number of ether oxygens (including phenoxy) is 2. The molecule has 0 unspecified atom stereocenters. The number of benzene rings is 2. The summed E-state index contributed by atoms with van der Waals surface area (Å²) in [6.45, 7) is 0.820. The van der Waals surface area contributed by atoms with Gasteiger partial charge >= 0.3 is 5.97 Å². The maximum Gasteiger partial charge on any atom is 0.337 e. The molecule has 0 aliphatic carbocycles. The Balaban J connectivity index is 2.20. The topological polar surface area (TPSA) is 87.0 Å². The molecule has 3 aromatic rings. The van der Waals surface area contributed by atoms with E-state index in [2.05, 4.69) is 4.40 Å². The maximum atomic E-state index is 12.6. The van der Waals surface area contributed by atoms with Gasteiger partial charge in [-0.25, -0.2) is 4.79 Å². The summed E-state index contributed by atoms with van der Waals surface area (Å²) in [4.78, 5) is 12.2. The molecule has 7 nitrogen and oxygen atoms in total. The van der Waals surface area contributed by atoms with Crippen LogP contribution in [0.1, 0.15) is 10.4 Å². The Bertz CT molecular complexity index is 1130. The van der Waals surface area contributed by atoms with Crippen LogP contribution < -0.4 is 4.80 Å². The van der Waals surface area contributed by atoms with Gasteiger partial charge in [-0.15, -0.1) is 4.40 Å². The van der Waals surface area contributed by atoms with E-state index in [1.807, 2.05) is 0 Å². The molecule has 3 rings (SSSR count). The largest absolute Gasteiger partial charge is 0.465 e. The fourth-order valence-electron chi connectivity index (χ4n) is 2.53. The van der Waals surface area contributed by atoms with Crippen molar-refractivity contribution in [2.45, 2.75) is 11.4 Å². The molecule has 0 aliphatic heterocycles. The van der Waals surface area contributed by atoms with Crippen molar-refractivity contribution in [1.82, 2.24) is 4.57 Å². The molecule has 0 aliphatic rings. The van der Waals surface area contributed by atoms with E-state index in [0.29, 0.717) is 23.5 Å². The van der Waals surface area contributed by atoms with Gasteiger partial charge in [-0.2, -0.15) is 8.42 Å². The summed E-state index contributed by atoms with van der Waals surface area (Å²) in [5.41, 5.74) is 1.16. The first-order valence-electron chi connectivity index (χ1n) is 8.03. The quantitative estimate of drug-likeness (QED) is 0.587. The van der Waals surface area contributed by atoms with E-state index in [1.165, 1.54) is 30.6 Å². The highest BCUT2D eigenvalue weighted by atomic mass is 32.2. The summed E-state index contributed by atoms with van der Waals surface area (Å²) in [5, 5.41) is 0. The highest BCUT2D eigenvalue weighted by Crippen LogP contribution is 2.21. The third kappa shape index (κ3) is 4.10. The third-order valence-electron chi connectivity index (χ3n) is 3.86. The summed E-state index contributed by atoms with van der Waals surface area (Å²) in [6, 6.07) is 13.1. The van der Waals surface area contributed by atoms with E-state index in [1.54, 1.807) is 48.1 Å². The van der Waals surface area contributed by atoms with Crippen LogP contribution in [0.2, 0.25) is 0 Å². The molecule has 2 aromatic carbocycles. The zero-order chi connectivity index (χ0) is 19.4. The summed E-state index contributed by atoms with van der Waals surface area (Å²) < 4.78 is 41.7. The van der Waals surface area contributed by atoms with Crippen molar-refractivity contribution < 1.29 is 22.7 Å². The first kappa shape index (κ1) is 19.3. The highest BCUT2D eigenvalue weighted by molar-refractivity contribution is 7.90. The van der Waals surface area contributed by atoms with Crippen molar-refractivity contribution in [2.24, 2.45) is 4.40 Å². The summed E-state index contributed by atoms with van der Waals surface area (Å²) in [6.07, 6.45) is 0. The summed E-state index contributed by atoms with van der Waals surface area (Å²) in [7, 11) is -0.974. The number of hydrogen-bond acceptors (Lipinski definition) is 6. The average molecular weight is 406 g/mol. The molecule has 0 fully saturated rings. The molecule has 0 atom stereocenters. The maximum absolute atomic E-state index is 12.6. The van der Waals surface area contributed by atoms with Gasteiger partial charge in [0.25, 0.3) is 10.0 Å². The monoisotopic (exact) mass is 406 g/mol. The van der Waals surface area contributed by atoms with Gasteiger partial charge in [0.2, 0.25) is 4.80 Å². The van der Waals surface area contributed by atoms with Gasteiger partial charge in [-0.3, -0.25) is 0 Å². The molecule has 1 aromatic heterocycles. The normalized spacial score (nSPS) is 12.4. The molecule has 0 saturated carbocycles. The second-order valence-corrected chi connectivity index (χ2v) is 8.20. The number of nitrogens with zero attached hydrogens (tertiary/aromatic N) is 2. The van der Waals surface area contributed by atoms with Crippen LogP contribution in [-0.2, 0) is 26.0 Å². The molecule has 0 N–H and O–H groups in total. The zero-order valence-corrected chi connectivity index (χ0v) is 16.4. The number of esters is 1. The van der Waals surface area contributed by atoms with E-state index >= 15 is 0 Å². The number of aromatic nitrogens is 1. The Hall–Kier alpha value is -2.49. The Morgan fingerprint density at radius 3 is 2.56 bits per heavy atom. The number of hydrogen-bond donors (Lipinski definition) is 0. The Labute approximate surface area is 160 Å². The second-order valence-electron chi connectivity index (χ2n) is 5.58. The van der Waals surface area contributed by atoms with E-state index in [9.17, 15) is 13.2 Å². The van der Waals surface area contributed by atoms with Crippen LogP contribution in [0.3, 0.4) is 0 Å². The van der Waals surface area contributed by atoms with Crippen molar-refractivity contribution in [3.63, 3.8) is 0 Å². The van der Waals surface area contributed by atoms with E-state index in [0.717, 1.165) is 10.2 Å².